The minimum absolute atomic E-state index is 0.752. The molecule has 0 bridgehead atoms. The molecule has 0 aromatic rings. The molecule has 0 radical (unpaired) electrons. The van der Waals surface area contributed by atoms with Gasteiger partial charge in [0.2, 0.25) is 0 Å². The van der Waals surface area contributed by atoms with Crippen LogP contribution in [-0.4, -0.2) is 50.9 Å². The zero-order chi connectivity index (χ0) is 9.94. The fraction of sp³-hybridized carbons (Fsp3) is 0.889. The highest BCUT2D eigenvalue weighted by atomic mass is 15.1. The van der Waals surface area contributed by atoms with Gasteiger partial charge in [-0.2, -0.15) is 0 Å². The molecule has 0 fully saturated rings. The van der Waals surface area contributed by atoms with Gasteiger partial charge in [0.05, 0.1) is 0 Å². The van der Waals surface area contributed by atoms with Crippen LogP contribution in [0.3, 0.4) is 0 Å². The van der Waals surface area contributed by atoms with Crippen molar-refractivity contribution in [2.75, 3.05) is 39.8 Å². The second-order valence-electron chi connectivity index (χ2n) is 3.03. The third-order valence-electron chi connectivity index (χ3n) is 1.88. The molecular formula is C9H22N4. The third kappa shape index (κ3) is 7.90. The Labute approximate surface area is 81.0 Å². The van der Waals surface area contributed by atoms with E-state index in [2.05, 4.69) is 9.89 Å². The Balaban J connectivity index is 3.59. The van der Waals surface area contributed by atoms with Gasteiger partial charge in [0.1, 0.15) is 0 Å². The van der Waals surface area contributed by atoms with Crippen LogP contribution in [0.1, 0.15) is 12.8 Å². The lowest BCUT2D eigenvalue weighted by Crippen LogP contribution is -2.30. The van der Waals surface area contributed by atoms with Crippen molar-refractivity contribution in [3.63, 3.8) is 0 Å². The predicted molar refractivity (Wildman–Crippen MR) is 58.2 cm³/mol. The molecule has 0 aliphatic rings. The van der Waals surface area contributed by atoms with Gasteiger partial charge in [0, 0.05) is 19.8 Å². The molecule has 0 spiro atoms. The van der Waals surface area contributed by atoms with E-state index in [1.165, 1.54) is 0 Å². The zero-order valence-corrected chi connectivity index (χ0v) is 8.58. The lowest BCUT2D eigenvalue weighted by atomic mass is 10.3. The molecule has 0 aromatic carbocycles. The van der Waals surface area contributed by atoms with Crippen molar-refractivity contribution in [3.8, 4) is 0 Å². The van der Waals surface area contributed by atoms with E-state index in [1.54, 1.807) is 7.05 Å². The first kappa shape index (κ1) is 12.6. The first-order valence-electron chi connectivity index (χ1n) is 4.88. The van der Waals surface area contributed by atoms with Gasteiger partial charge in [-0.15, -0.1) is 0 Å². The standard InChI is InChI=1S/C9H22N4/c1-12-6-9-13(7-2-4-10)8-3-5-11/h6H,2-5,7-11H2,1H3. The van der Waals surface area contributed by atoms with Crippen molar-refractivity contribution in [1.82, 2.24) is 4.90 Å². The van der Waals surface area contributed by atoms with E-state index in [1.807, 2.05) is 6.21 Å². The molecule has 0 amide bonds. The van der Waals surface area contributed by atoms with Crippen molar-refractivity contribution in [2.24, 2.45) is 16.5 Å². The number of rotatable bonds is 8. The Morgan fingerprint density at radius 3 is 2.08 bits per heavy atom. The quantitative estimate of drug-likeness (QED) is 0.511. The van der Waals surface area contributed by atoms with Gasteiger partial charge in [0.15, 0.2) is 0 Å². The highest BCUT2D eigenvalue weighted by Crippen LogP contribution is 1.91. The summed E-state index contributed by atoms with van der Waals surface area (Å²) in [5.41, 5.74) is 10.9. The van der Waals surface area contributed by atoms with Gasteiger partial charge in [-0.3, -0.25) is 9.89 Å². The van der Waals surface area contributed by atoms with E-state index in [4.69, 9.17) is 11.5 Å². The maximum absolute atomic E-state index is 5.45. The second-order valence-corrected chi connectivity index (χ2v) is 3.03. The summed E-state index contributed by atoms with van der Waals surface area (Å²) in [6.07, 6.45) is 4.01. The lowest BCUT2D eigenvalue weighted by molar-refractivity contribution is 0.308. The molecule has 0 saturated heterocycles. The maximum atomic E-state index is 5.45. The van der Waals surface area contributed by atoms with Gasteiger partial charge < -0.3 is 11.5 Å². The molecule has 4 N–H and O–H groups in total. The fourth-order valence-corrected chi connectivity index (χ4v) is 1.12. The Morgan fingerprint density at radius 1 is 1.15 bits per heavy atom. The molecule has 0 aliphatic carbocycles. The number of hydrogen-bond donors (Lipinski definition) is 2. The molecule has 4 nitrogen and oxygen atoms in total. The molecule has 0 heterocycles. The summed E-state index contributed by atoms with van der Waals surface area (Å²) < 4.78 is 0. The fourth-order valence-electron chi connectivity index (χ4n) is 1.12. The SMILES string of the molecule is CN=CCN(CCCN)CCCN. The monoisotopic (exact) mass is 186 g/mol. The second kappa shape index (κ2) is 9.64. The molecule has 0 rings (SSSR count). The Morgan fingerprint density at radius 2 is 1.69 bits per heavy atom. The summed E-state index contributed by atoms with van der Waals surface area (Å²) >= 11 is 0. The average Bonchev–Trinajstić information content (AvgIpc) is 2.17. The number of aliphatic imine (C=N–C) groups is 1. The zero-order valence-electron chi connectivity index (χ0n) is 8.58. The minimum Gasteiger partial charge on any atom is -0.330 e. The maximum Gasteiger partial charge on any atom is 0.0333 e. The summed E-state index contributed by atoms with van der Waals surface area (Å²) in [6.45, 7) is 4.51. The van der Waals surface area contributed by atoms with Crippen LogP contribution in [0.4, 0.5) is 0 Å². The van der Waals surface area contributed by atoms with Crippen molar-refractivity contribution in [2.45, 2.75) is 12.8 Å². The van der Waals surface area contributed by atoms with Gasteiger partial charge in [0.25, 0.3) is 0 Å². The molecule has 0 aliphatic heterocycles. The smallest absolute Gasteiger partial charge is 0.0333 e. The molecule has 0 aromatic heterocycles. The van der Waals surface area contributed by atoms with Crippen molar-refractivity contribution in [1.29, 1.82) is 0 Å². The van der Waals surface area contributed by atoms with Crippen molar-refractivity contribution >= 4 is 6.21 Å². The molecule has 0 atom stereocenters. The number of nitrogens with zero attached hydrogens (tertiary/aromatic N) is 2. The number of hydrogen-bond acceptors (Lipinski definition) is 4. The van der Waals surface area contributed by atoms with Crippen molar-refractivity contribution in [3.05, 3.63) is 0 Å². The molecule has 13 heavy (non-hydrogen) atoms. The highest BCUT2D eigenvalue weighted by Gasteiger charge is 2.00. The summed E-state index contributed by atoms with van der Waals surface area (Å²) in [5.74, 6) is 0. The van der Waals surface area contributed by atoms with E-state index in [0.717, 1.165) is 45.6 Å². The Bertz CT molecular complexity index is 117. The lowest BCUT2D eigenvalue weighted by Gasteiger charge is -2.19. The Kier molecular flexibility index (Phi) is 9.30. The Hall–Kier alpha value is -0.450. The first-order valence-corrected chi connectivity index (χ1v) is 4.88. The van der Waals surface area contributed by atoms with Crippen LogP contribution in [0, 0.1) is 0 Å². The van der Waals surface area contributed by atoms with Crippen LogP contribution in [0.15, 0.2) is 4.99 Å². The van der Waals surface area contributed by atoms with E-state index in [0.29, 0.717) is 0 Å². The number of nitrogens with two attached hydrogens (primary N) is 2. The van der Waals surface area contributed by atoms with Crippen LogP contribution in [0.2, 0.25) is 0 Å². The minimum atomic E-state index is 0.752. The van der Waals surface area contributed by atoms with E-state index < -0.39 is 0 Å². The van der Waals surface area contributed by atoms with Crippen LogP contribution in [-0.2, 0) is 0 Å². The normalized spacial score (nSPS) is 11.7. The van der Waals surface area contributed by atoms with E-state index in [9.17, 15) is 0 Å². The van der Waals surface area contributed by atoms with Crippen LogP contribution in [0.5, 0.6) is 0 Å². The van der Waals surface area contributed by atoms with Gasteiger partial charge >= 0.3 is 0 Å². The summed E-state index contributed by atoms with van der Waals surface area (Å²) in [5, 5.41) is 0. The van der Waals surface area contributed by atoms with E-state index >= 15 is 0 Å². The average molecular weight is 186 g/mol. The molecule has 0 unspecified atom stereocenters. The largest absolute Gasteiger partial charge is 0.330 e. The molecule has 0 saturated carbocycles. The topological polar surface area (TPSA) is 67.6 Å². The van der Waals surface area contributed by atoms with E-state index in [-0.39, 0.29) is 0 Å². The summed E-state index contributed by atoms with van der Waals surface area (Å²) in [6, 6.07) is 0. The molecule has 78 valence electrons. The third-order valence-corrected chi connectivity index (χ3v) is 1.88. The van der Waals surface area contributed by atoms with Crippen LogP contribution >= 0.6 is 0 Å². The van der Waals surface area contributed by atoms with Crippen molar-refractivity contribution < 1.29 is 0 Å². The molecule has 4 heteroatoms. The van der Waals surface area contributed by atoms with Crippen LogP contribution < -0.4 is 11.5 Å². The highest BCUT2D eigenvalue weighted by molar-refractivity contribution is 5.59. The van der Waals surface area contributed by atoms with Gasteiger partial charge in [-0.25, -0.2) is 0 Å². The van der Waals surface area contributed by atoms with Gasteiger partial charge in [-0.1, -0.05) is 0 Å². The summed E-state index contributed by atoms with van der Waals surface area (Å²) in [7, 11) is 1.80. The first-order chi connectivity index (χ1) is 6.35. The summed E-state index contributed by atoms with van der Waals surface area (Å²) in [4.78, 5) is 6.29. The molecular weight excluding hydrogens is 164 g/mol. The van der Waals surface area contributed by atoms with Crippen LogP contribution in [0.25, 0.3) is 0 Å². The predicted octanol–water partition coefficient (Wildman–Crippen LogP) is -0.313. The van der Waals surface area contributed by atoms with Gasteiger partial charge in [-0.05, 0) is 39.0 Å².